The van der Waals surface area contributed by atoms with E-state index in [0.717, 1.165) is 56.7 Å². The lowest BCUT2D eigenvalue weighted by Gasteiger charge is -2.38. The van der Waals surface area contributed by atoms with E-state index in [1.54, 1.807) is 7.11 Å². The zero-order valence-electron chi connectivity index (χ0n) is 17.6. The highest BCUT2D eigenvalue weighted by Crippen LogP contribution is 2.58. The van der Waals surface area contributed by atoms with Gasteiger partial charge in [0.15, 0.2) is 11.5 Å². The molecule has 3 aliphatic rings. The molecule has 0 bridgehead atoms. The second-order valence-corrected chi connectivity index (χ2v) is 8.84. The lowest BCUT2D eigenvalue weighted by Crippen LogP contribution is -2.44. The number of nitrogens with zero attached hydrogens (tertiary/aromatic N) is 1. The summed E-state index contributed by atoms with van der Waals surface area (Å²) >= 11 is 0. The van der Waals surface area contributed by atoms with Crippen LogP contribution in [-0.2, 0) is 21.5 Å². The van der Waals surface area contributed by atoms with Gasteiger partial charge in [0.05, 0.1) is 7.11 Å². The number of carbonyl (C=O) groups is 1. The monoisotopic (exact) mass is 387 g/mol. The Labute approximate surface area is 168 Å². The van der Waals surface area contributed by atoms with Crippen LogP contribution in [0.5, 0.6) is 11.5 Å². The van der Waals surface area contributed by atoms with Crippen LogP contribution in [-0.4, -0.2) is 43.8 Å². The van der Waals surface area contributed by atoms with Crippen molar-refractivity contribution in [2.75, 3.05) is 20.7 Å². The molecule has 2 aliphatic heterocycles. The topological polar surface area (TPSA) is 48.0 Å². The second kappa shape index (κ2) is 7.58. The molecule has 1 fully saturated rings. The summed E-state index contributed by atoms with van der Waals surface area (Å²) in [4.78, 5) is 14.5. The molecule has 5 nitrogen and oxygen atoms in total. The van der Waals surface area contributed by atoms with E-state index < -0.39 is 0 Å². The van der Waals surface area contributed by atoms with E-state index in [0.29, 0.717) is 12.3 Å². The molecule has 0 radical (unpaired) electrons. The Hall–Kier alpha value is -1.75. The number of esters is 1. The lowest BCUT2D eigenvalue weighted by molar-refractivity contribution is -0.150. The summed E-state index contributed by atoms with van der Waals surface area (Å²) in [6.45, 7) is 6.35. The molecule has 1 spiro atoms. The Bertz CT molecular complexity index is 748. The number of benzene rings is 1. The average molecular weight is 388 g/mol. The number of ether oxygens (including phenoxy) is 3. The van der Waals surface area contributed by atoms with Crippen LogP contribution in [0.1, 0.15) is 63.5 Å². The standard InChI is InChI=1S/C23H33NO4/c1-5-6-20(25)27-17-9-7-15(2)23-11-12-24(3)14-16-8-10-18(26-4)22(21(16)23)28-19(23)13-17/h8,10,15,17,19H,5-7,9,11-14H2,1-4H3/t15?,17-,19-,23+/m0/s1. The highest BCUT2D eigenvalue weighted by atomic mass is 16.6. The molecule has 1 aliphatic carbocycles. The summed E-state index contributed by atoms with van der Waals surface area (Å²) in [5, 5.41) is 0. The lowest BCUT2D eigenvalue weighted by atomic mass is 9.64. The van der Waals surface area contributed by atoms with Gasteiger partial charge < -0.3 is 19.1 Å². The van der Waals surface area contributed by atoms with Crippen molar-refractivity contribution in [1.29, 1.82) is 0 Å². The third-order valence-electron chi connectivity index (χ3n) is 7.11. The van der Waals surface area contributed by atoms with Crippen LogP contribution in [0.4, 0.5) is 0 Å². The van der Waals surface area contributed by atoms with Crippen LogP contribution in [0.15, 0.2) is 12.1 Å². The van der Waals surface area contributed by atoms with E-state index in [1.165, 1.54) is 11.1 Å². The first-order valence-corrected chi connectivity index (χ1v) is 10.7. The van der Waals surface area contributed by atoms with Crippen LogP contribution < -0.4 is 9.47 Å². The molecule has 4 rings (SSSR count). The summed E-state index contributed by atoms with van der Waals surface area (Å²) in [6, 6.07) is 4.25. The van der Waals surface area contributed by atoms with E-state index in [2.05, 4.69) is 24.9 Å². The van der Waals surface area contributed by atoms with Gasteiger partial charge in [0.2, 0.25) is 0 Å². The first-order valence-electron chi connectivity index (χ1n) is 10.7. The fourth-order valence-corrected chi connectivity index (χ4v) is 5.64. The van der Waals surface area contributed by atoms with Crippen molar-refractivity contribution < 1.29 is 19.0 Å². The third kappa shape index (κ3) is 3.08. The SMILES string of the molecule is CCCC(=O)O[C@H]1CCC(C)[C@@]23CCN(C)Cc4ccc(OC)c(c42)O[C@H]3C1. The molecule has 2 heterocycles. The minimum absolute atomic E-state index is 0.0287. The Kier molecular flexibility index (Phi) is 5.30. The Morgan fingerprint density at radius 2 is 2.18 bits per heavy atom. The van der Waals surface area contributed by atoms with Crippen LogP contribution in [0.2, 0.25) is 0 Å². The maximum absolute atomic E-state index is 12.1. The Balaban J connectivity index is 1.74. The first-order chi connectivity index (χ1) is 13.5. The van der Waals surface area contributed by atoms with Gasteiger partial charge in [-0.2, -0.15) is 0 Å². The molecule has 1 saturated carbocycles. The van der Waals surface area contributed by atoms with Crippen molar-refractivity contribution in [3.63, 3.8) is 0 Å². The van der Waals surface area contributed by atoms with E-state index in [4.69, 9.17) is 14.2 Å². The van der Waals surface area contributed by atoms with Crippen LogP contribution in [0, 0.1) is 5.92 Å². The summed E-state index contributed by atoms with van der Waals surface area (Å²) in [6.07, 6.45) is 5.08. The molecule has 0 N–H and O–H groups in total. The minimum atomic E-state index is -0.0783. The third-order valence-corrected chi connectivity index (χ3v) is 7.11. The fraction of sp³-hybridized carbons (Fsp3) is 0.696. The number of hydrogen-bond acceptors (Lipinski definition) is 5. The quantitative estimate of drug-likeness (QED) is 0.729. The number of hydrogen-bond donors (Lipinski definition) is 0. The van der Waals surface area contributed by atoms with E-state index in [1.807, 2.05) is 13.0 Å². The summed E-state index contributed by atoms with van der Waals surface area (Å²) in [5.74, 6) is 2.13. The average Bonchev–Trinajstić information content (AvgIpc) is 2.82. The van der Waals surface area contributed by atoms with Crippen molar-refractivity contribution in [2.45, 2.75) is 76.5 Å². The Morgan fingerprint density at radius 3 is 2.93 bits per heavy atom. The van der Waals surface area contributed by atoms with Gasteiger partial charge in [0, 0.05) is 30.4 Å². The predicted molar refractivity (Wildman–Crippen MR) is 108 cm³/mol. The van der Waals surface area contributed by atoms with Crippen molar-refractivity contribution in [3.8, 4) is 11.5 Å². The summed E-state index contributed by atoms with van der Waals surface area (Å²) in [7, 11) is 3.91. The van der Waals surface area contributed by atoms with Crippen molar-refractivity contribution in [1.82, 2.24) is 4.90 Å². The zero-order chi connectivity index (χ0) is 19.9. The van der Waals surface area contributed by atoms with E-state index in [-0.39, 0.29) is 23.6 Å². The molecule has 28 heavy (non-hydrogen) atoms. The zero-order valence-corrected chi connectivity index (χ0v) is 17.6. The van der Waals surface area contributed by atoms with Crippen LogP contribution >= 0.6 is 0 Å². The van der Waals surface area contributed by atoms with Crippen LogP contribution in [0.3, 0.4) is 0 Å². The van der Waals surface area contributed by atoms with Crippen molar-refractivity contribution >= 4 is 5.97 Å². The number of rotatable bonds is 4. The second-order valence-electron chi connectivity index (χ2n) is 8.84. The predicted octanol–water partition coefficient (Wildman–Crippen LogP) is 4.06. The molecule has 4 atom stereocenters. The molecule has 1 unspecified atom stereocenters. The number of methoxy groups -OCH3 is 1. The Morgan fingerprint density at radius 1 is 1.36 bits per heavy atom. The summed E-state index contributed by atoms with van der Waals surface area (Å²) in [5.41, 5.74) is 2.68. The van der Waals surface area contributed by atoms with Gasteiger partial charge in [0.25, 0.3) is 0 Å². The van der Waals surface area contributed by atoms with Gasteiger partial charge in [-0.25, -0.2) is 0 Å². The van der Waals surface area contributed by atoms with Crippen molar-refractivity contribution in [3.05, 3.63) is 23.3 Å². The van der Waals surface area contributed by atoms with E-state index >= 15 is 0 Å². The normalized spacial score (nSPS) is 31.8. The maximum atomic E-state index is 12.1. The van der Waals surface area contributed by atoms with Gasteiger partial charge in [0.1, 0.15) is 12.2 Å². The maximum Gasteiger partial charge on any atom is 0.306 e. The minimum Gasteiger partial charge on any atom is -0.493 e. The van der Waals surface area contributed by atoms with Gasteiger partial charge >= 0.3 is 5.97 Å². The molecule has 154 valence electrons. The first kappa shape index (κ1) is 19.6. The molecule has 0 saturated heterocycles. The molecular formula is C23H33NO4. The molecule has 0 amide bonds. The van der Waals surface area contributed by atoms with Gasteiger partial charge in [-0.05, 0) is 56.8 Å². The van der Waals surface area contributed by atoms with Gasteiger partial charge in [-0.1, -0.05) is 19.9 Å². The summed E-state index contributed by atoms with van der Waals surface area (Å²) < 4.78 is 18.1. The number of carbonyl (C=O) groups excluding carboxylic acids is 1. The van der Waals surface area contributed by atoms with Crippen LogP contribution in [0.25, 0.3) is 0 Å². The molecule has 1 aromatic carbocycles. The molecule has 1 aromatic rings. The van der Waals surface area contributed by atoms with Gasteiger partial charge in [-0.3, -0.25) is 4.79 Å². The molecule has 5 heteroatoms. The molecular weight excluding hydrogens is 354 g/mol. The smallest absolute Gasteiger partial charge is 0.306 e. The largest absolute Gasteiger partial charge is 0.493 e. The van der Waals surface area contributed by atoms with E-state index in [9.17, 15) is 4.79 Å². The molecule has 0 aromatic heterocycles. The fourth-order valence-electron chi connectivity index (χ4n) is 5.64. The van der Waals surface area contributed by atoms with Crippen molar-refractivity contribution in [2.24, 2.45) is 5.92 Å². The van der Waals surface area contributed by atoms with Gasteiger partial charge in [-0.15, -0.1) is 0 Å². The highest BCUT2D eigenvalue weighted by Gasteiger charge is 2.56. The highest BCUT2D eigenvalue weighted by molar-refractivity contribution is 5.69.